The van der Waals surface area contributed by atoms with Crippen molar-refractivity contribution in [1.82, 2.24) is 0 Å². The Balaban J connectivity index is 0.000000368. The number of hydrogen-bond donors (Lipinski definition) is 0. The number of rotatable bonds is 9. The average molecular weight is 1470 g/mol. The molecule has 88 heavy (non-hydrogen) atoms. The molecule has 6 aromatic rings. The van der Waals surface area contributed by atoms with Gasteiger partial charge in [-0.1, -0.05) is 123 Å². The van der Waals surface area contributed by atoms with Crippen molar-refractivity contribution in [1.29, 1.82) is 0 Å². The molecule has 0 N–H and O–H groups in total. The maximum absolute atomic E-state index is 14.2. The Kier molecular flexibility index (Phi) is 23.4. The van der Waals surface area contributed by atoms with E-state index in [1.807, 2.05) is 0 Å². The standard InChI is InChI=1S/C32H12BF24.C19H22NOP.C8H12.Ir/c34-25(35,36)13-1-14(26(37,38)39)6-21(5-13)33(22-7-15(27(40,41)42)2-16(8-22)28(43,44)45,23-9-17(29(46,47)48)3-18(10-23)30(49,50)51)24-11-19(31(52,53)54)4-20(12-24)32(55,56)57;1-15(2)18-13-21-19(20-18)14-22(16-9-5-3-6-10-16)17-11-7-4-8-12-17;1-2-4-6-8-7-5-3-1;/h1-12H;3-12,15,18H,13-14H2,1-2H3;1-2,7-8H,3-6H2;/q-1;;;/t;18-;;/m.1../s1. The zero-order valence-electron chi connectivity index (χ0n) is 45.2. The van der Waals surface area contributed by atoms with Crippen LogP contribution in [0.5, 0.6) is 0 Å². The molecule has 2 nitrogen and oxygen atoms in total. The molecular formula is C59H46BF24IrNOP-. The predicted molar refractivity (Wildman–Crippen MR) is 282 cm³/mol. The van der Waals surface area contributed by atoms with Crippen LogP contribution in [0.3, 0.4) is 0 Å². The van der Waals surface area contributed by atoms with E-state index >= 15 is 0 Å². The Bertz CT molecular complexity index is 2790. The van der Waals surface area contributed by atoms with Crippen molar-refractivity contribution in [2.75, 3.05) is 12.8 Å². The molecule has 1 atom stereocenters. The summed E-state index contributed by atoms with van der Waals surface area (Å²) in [7, 11) is -0.456. The van der Waals surface area contributed by atoms with Gasteiger partial charge in [0.2, 0.25) is 0 Å². The maximum Gasteiger partial charge on any atom is 0.416 e. The molecule has 479 valence electrons. The molecule has 0 spiro atoms. The molecule has 1 saturated carbocycles. The van der Waals surface area contributed by atoms with Gasteiger partial charge in [-0.25, -0.2) is 4.99 Å². The van der Waals surface area contributed by atoms with Crippen molar-refractivity contribution in [2.24, 2.45) is 10.9 Å². The van der Waals surface area contributed by atoms with Gasteiger partial charge in [0.05, 0.1) is 56.7 Å². The van der Waals surface area contributed by atoms with E-state index in [0.717, 1.165) is 18.7 Å². The van der Waals surface area contributed by atoms with Crippen LogP contribution < -0.4 is 32.5 Å². The molecule has 8 rings (SSSR count). The third-order valence-corrected chi connectivity index (χ3v) is 16.1. The minimum atomic E-state index is -6.13. The summed E-state index contributed by atoms with van der Waals surface area (Å²) in [5, 5.41) is 2.76. The van der Waals surface area contributed by atoms with E-state index in [0.29, 0.717) is 12.0 Å². The molecule has 0 unspecified atom stereocenters. The molecule has 2 aliphatic rings. The summed E-state index contributed by atoms with van der Waals surface area (Å²) in [6.45, 7) is 5.15. The molecule has 6 aromatic carbocycles. The Labute approximate surface area is 503 Å². The van der Waals surface area contributed by atoms with Crippen molar-refractivity contribution in [3.63, 3.8) is 0 Å². The van der Waals surface area contributed by atoms with Gasteiger partial charge in [0.25, 0.3) is 0 Å². The molecule has 1 fully saturated rings. The summed E-state index contributed by atoms with van der Waals surface area (Å²) in [6, 6.07) is 13.0. The topological polar surface area (TPSA) is 21.6 Å². The van der Waals surface area contributed by atoms with Crippen molar-refractivity contribution >= 4 is 52.4 Å². The van der Waals surface area contributed by atoms with E-state index in [1.54, 1.807) is 0 Å². The first kappa shape index (κ1) is 73.0. The first-order valence-corrected chi connectivity index (χ1v) is 27.3. The van der Waals surface area contributed by atoms with E-state index in [1.165, 1.54) is 36.3 Å². The van der Waals surface area contributed by atoms with Crippen LogP contribution in [0.2, 0.25) is 0 Å². The second-order valence-electron chi connectivity index (χ2n) is 20.2. The van der Waals surface area contributed by atoms with Crippen LogP contribution in [-0.4, -0.2) is 30.9 Å². The predicted octanol–water partition coefficient (Wildman–Crippen LogP) is 17.2. The summed E-state index contributed by atoms with van der Waals surface area (Å²) < 4.78 is 347. The monoisotopic (exact) mass is 1480 g/mol. The second-order valence-corrected chi connectivity index (χ2v) is 22.4. The number of benzene rings is 6. The molecule has 5 radical (unpaired) electrons. The van der Waals surface area contributed by atoms with Crippen LogP contribution in [0.25, 0.3) is 0 Å². The molecule has 0 amide bonds. The van der Waals surface area contributed by atoms with Gasteiger partial charge < -0.3 is 4.74 Å². The van der Waals surface area contributed by atoms with Crippen LogP contribution >= 0.6 is 7.92 Å². The summed E-state index contributed by atoms with van der Waals surface area (Å²) in [4.78, 5) is 4.79. The van der Waals surface area contributed by atoms with Crippen LogP contribution in [0, 0.1) is 31.6 Å². The summed E-state index contributed by atoms with van der Waals surface area (Å²) in [5.41, 5.74) is -30.2. The molecule has 0 aromatic heterocycles. The van der Waals surface area contributed by atoms with E-state index in [4.69, 9.17) is 9.73 Å². The Morgan fingerprint density at radius 1 is 0.386 bits per heavy atom. The Hall–Kier alpha value is -5.75. The fraction of sp³-hybridized carbons (Fsp3) is 0.305. The number of hydrogen-bond acceptors (Lipinski definition) is 2. The molecular weight excluding hydrogens is 1430 g/mol. The number of halogens is 24. The van der Waals surface area contributed by atoms with Crippen LogP contribution in [0.15, 0.2) is 138 Å². The smallest absolute Gasteiger partial charge is 0.416 e. The largest absolute Gasteiger partial charge is 0.478 e. The maximum atomic E-state index is 14.2. The van der Waals surface area contributed by atoms with Crippen LogP contribution in [-0.2, 0) is 74.3 Å². The molecule has 29 heteroatoms. The molecule has 1 heterocycles. The third kappa shape index (κ3) is 18.9. The second kappa shape index (κ2) is 28.2. The molecule has 1 aliphatic carbocycles. The van der Waals surface area contributed by atoms with Gasteiger partial charge >= 0.3 is 49.4 Å². The number of nitrogens with zero attached hydrogens (tertiary/aromatic N) is 1. The number of ether oxygens (including phenoxy) is 1. The first-order valence-electron chi connectivity index (χ1n) is 25.7. The Morgan fingerprint density at radius 2 is 0.614 bits per heavy atom. The van der Waals surface area contributed by atoms with Crippen molar-refractivity contribution in [3.05, 3.63) is 204 Å². The van der Waals surface area contributed by atoms with E-state index in [2.05, 4.69) is 100 Å². The fourth-order valence-electron chi connectivity index (χ4n) is 9.48. The first-order chi connectivity index (χ1) is 40.0. The van der Waals surface area contributed by atoms with Crippen molar-refractivity contribution in [3.8, 4) is 0 Å². The Morgan fingerprint density at radius 3 is 0.807 bits per heavy atom. The minimum absolute atomic E-state index is 0. The van der Waals surface area contributed by atoms with E-state index in [9.17, 15) is 105 Å². The summed E-state index contributed by atoms with van der Waals surface area (Å²) in [6.07, 6.45) is -39.9. The average Bonchev–Trinajstić information content (AvgIpc) is 0.754. The van der Waals surface area contributed by atoms with E-state index in [-0.39, 0.29) is 20.1 Å². The SMILES string of the molecule is CC(C)[C@H]1COC(CP(c2ccccc2)c2ccccc2)=N1.FC(F)(F)c1cc([B-](c2cc(C(F)(F)F)cc(C(F)(F)F)c2)(c2cc(C(F)(F)F)cc(C(F)(F)F)c2)c2cc(C(F)(F)F)cc(C(F)(F)F)c2)cc(C(F)(F)F)c1.[CH]1[CH]CC[CH][CH]CC1.[Ir]. The molecule has 0 saturated heterocycles. The van der Waals surface area contributed by atoms with Crippen molar-refractivity contribution < 1.29 is 130 Å². The molecule has 1 aliphatic heterocycles. The van der Waals surface area contributed by atoms with Gasteiger partial charge in [-0.3, -0.25) is 0 Å². The number of alkyl halides is 24. The zero-order valence-corrected chi connectivity index (χ0v) is 48.5. The van der Waals surface area contributed by atoms with E-state index < -0.39 is 203 Å². The fourth-order valence-corrected chi connectivity index (χ4v) is 11.6. The van der Waals surface area contributed by atoms with Gasteiger partial charge in [0.15, 0.2) is 5.90 Å². The van der Waals surface area contributed by atoms with Gasteiger partial charge in [-0.05, 0) is 100 Å². The van der Waals surface area contributed by atoms with Crippen molar-refractivity contribution in [2.45, 2.75) is 95.0 Å². The third-order valence-electron chi connectivity index (χ3n) is 13.7. The van der Waals surface area contributed by atoms with Gasteiger partial charge in [0, 0.05) is 20.1 Å². The van der Waals surface area contributed by atoms with Gasteiger partial charge in [-0.2, -0.15) is 127 Å². The minimum Gasteiger partial charge on any atom is -0.478 e. The quantitative estimate of drug-likeness (QED) is 0.0803. The van der Waals surface area contributed by atoms with Crippen LogP contribution in [0.4, 0.5) is 105 Å². The number of aliphatic imine (C=N–C) groups is 1. The van der Waals surface area contributed by atoms with Gasteiger partial charge in [-0.15, -0.1) is 0 Å². The zero-order chi connectivity index (χ0) is 64.9. The van der Waals surface area contributed by atoms with Gasteiger partial charge in [0.1, 0.15) is 12.8 Å². The van der Waals surface area contributed by atoms with Crippen LogP contribution in [0.1, 0.15) is 84.0 Å². The summed E-state index contributed by atoms with van der Waals surface area (Å²) >= 11 is 0. The molecule has 0 bridgehead atoms. The normalized spacial score (nSPS) is 15.9. The summed E-state index contributed by atoms with van der Waals surface area (Å²) in [5.74, 6) is 1.47.